The van der Waals surface area contributed by atoms with Crippen LogP contribution < -0.4 is 9.88 Å². The van der Waals surface area contributed by atoms with Crippen molar-refractivity contribution in [1.29, 1.82) is 0 Å². The van der Waals surface area contributed by atoms with Gasteiger partial charge < -0.3 is 4.90 Å². The van der Waals surface area contributed by atoms with Gasteiger partial charge in [-0.3, -0.25) is 0 Å². The number of hydrogen-bond donors (Lipinski definition) is 0. The van der Waals surface area contributed by atoms with Gasteiger partial charge in [0.1, 0.15) is 11.0 Å². The lowest BCUT2D eigenvalue weighted by molar-refractivity contribution is -0.310. The molecule has 102 valence electrons. The van der Waals surface area contributed by atoms with Gasteiger partial charge in [-0.2, -0.15) is 0 Å². The summed E-state index contributed by atoms with van der Waals surface area (Å²) >= 11 is 0. The highest BCUT2D eigenvalue weighted by atomic mass is 15.1. The fourth-order valence-electron chi connectivity index (χ4n) is 2.62. The zero-order valence-electron chi connectivity index (χ0n) is 12.3. The van der Waals surface area contributed by atoms with E-state index in [-0.39, 0.29) is 0 Å². The van der Waals surface area contributed by atoms with E-state index in [0.29, 0.717) is 0 Å². The molecule has 2 aromatic carbocycles. The first-order chi connectivity index (χ1) is 9.71. The van der Waals surface area contributed by atoms with Crippen molar-refractivity contribution >= 4 is 27.8 Å². The molecule has 0 fully saturated rings. The highest BCUT2D eigenvalue weighted by Gasteiger charge is 2.10. The third-order valence-corrected chi connectivity index (χ3v) is 3.77. The first-order valence-corrected chi connectivity index (χ1v) is 7.19. The maximum atomic E-state index is 4.79. The fraction of sp³-hybridized carbons (Fsp3) is 0.294. The highest BCUT2D eigenvalue weighted by molar-refractivity contribution is 5.83. The number of hydrogen-bond acceptors (Lipinski definition) is 2. The maximum absolute atomic E-state index is 4.79. The normalized spacial score (nSPS) is 11.2. The number of anilines is 1. The SMILES string of the molecule is CCN(CC)c1ccc2[nH+]c3ccc(C)cc3nc2c1. The van der Waals surface area contributed by atoms with E-state index in [1.165, 1.54) is 11.3 Å². The van der Waals surface area contributed by atoms with Crippen molar-refractivity contribution in [2.24, 2.45) is 0 Å². The molecule has 0 aliphatic heterocycles. The predicted octanol–water partition coefficient (Wildman–Crippen LogP) is 3.36. The Morgan fingerprint density at radius 2 is 1.60 bits per heavy atom. The standard InChI is InChI=1S/C17H19N3/c1-4-20(5-2)13-7-9-15-17(11-13)19-16-10-12(3)6-8-14(16)18-15/h6-11H,4-5H2,1-3H3/p+1. The van der Waals surface area contributed by atoms with Crippen molar-refractivity contribution in [2.45, 2.75) is 20.8 Å². The van der Waals surface area contributed by atoms with E-state index >= 15 is 0 Å². The fourth-order valence-corrected chi connectivity index (χ4v) is 2.62. The summed E-state index contributed by atoms with van der Waals surface area (Å²) in [5.41, 5.74) is 6.67. The van der Waals surface area contributed by atoms with E-state index in [0.717, 1.165) is 35.2 Å². The van der Waals surface area contributed by atoms with E-state index in [2.05, 4.69) is 67.1 Å². The maximum Gasteiger partial charge on any atom is 0.230 e. The minimum atomic E-state index is 1.01. The number of nitrogens with zero attached hydrogens (tertiary/aromatic N) is 2. The van der Waals surface area contributed by atoms with Gasteiger partial charge >= 0.3 is 0 Å². The largest absolute Gasteiger partial charge is 0.372 e. The molecule has 3 heteroatoms. The molecule has 0 atom stereocenters. The summed E-state index contributed by atoms with van der Waals surface area (Å²) in [5, 5.41) is 0. The second-order valence-corrected chi connectivity index (χ2v) is 5.13. The van der Waals surface area contributed by atoms with Gasteiger partial charge in [0.05, 0.1) is 0 Å². The van der Waals surface area contributed by atoms with Gasteiger partial charge in [0, 0.05) is 30.9 Å². The molecule has 0 bridgehead atoms. The second kappa shape index (κ2) is 5.08. The number of nitrogens with one attached hydrogen (secondary N) is 1. The van der Waals surface area contributed by atoms with Crippen molar-refractivity contribution in [3.8, 4) is 0 Å². The molecule has 0 spiro atoms. The Balaban J connectivity index is 2.20. The van der Waals surface area contributed by atoms with E-state index in [1.54, 1.807) is 0 Å². The minimum Gasteiger partial charge on any atom is -0.372 e. The van der Waals surface area contributed by atoms with E-state index < -0.39 is 0 Å². The number of aromatic amines is 1. The van der Waals surface area contributed by atoms with Crippen LogP contribution in [0.2, 0.25) is 0 Å². The van der Waals surface area contributed by atoms with Crippen LogP contribution in [0.3, 0.4) is 0 Å². The lowest BCUT2D eigenvalue weighted by atomic mass is 10.2. The lowest BCUT2D eigenvalue weighted by Gasteiger charge is -2.20. The van der Waals surface area contributed by atoms with Crippen LogP contribution in [0.15, 0.2) is 36.4 Å². The molecule has 0 amide bonds. The summed E-state index contributed by atoms with van der Waals surface area (Å²) < 4.78 is 0. The van der Waals surface area contributed by atoms with E-state index in [1.807, 2.05) is 0 Å². The zero-order valence-corrected chi connectivity index (χ0v) is 12.3. The van der Waals surface area contributed by atoms with Crippen LogP contribution in [-0.2, 0) is 0 Å². The van der Waals surface area contributed by atoms with Gasteiger partial charge in [0.15, 0.2) is 0 Å². The molecule has 3 nitrogen and oxygen atoms in total. The number of rotatable bonds is 3. The first-order valence-electron chi connectivity index (χ1n) is 7.19. The molecule has 0 unspecified atom stereocenters. The molecule has 0 aliphatic carbocycles. The van der Waals surface area contributed by atoms with Crippen LogP contribution in [0, 0.1) is 6.92 Å². The molecule has 20 heavy (non-hydrogen) atoms. The average Bonchev–Trinajstić information content (AvgIpc) is 2.46. The second-order valence-electron chi connectivity index (χ2n) is 5.13. The number of aromatic nitrogens is 2. The van der Waals surface area contributed by atoms with E-state index in [9.17, 15) is 0 Å². The van der Waals surface area contributed by atoms with Gasteiger partial charge in [-0.15, -0.1) is 0 Å². The Bertz CT molecular complexity index is 761. The van der Waals surface area contributed by atoms with Crippen molar-refractivity contribution in [1.82, 2.24) is 4.98 Å². The van der Waals surface area contributed by atoms with Gasteiger partial charge in [-0.1, -0.05) is 6.07 Å². The minimum absolute atomic E-state index is 1.01. The molecular weight excluding hydrogens is 246 g/mol. The van der Waals surface area contributed by atoms with Gasteiger partial charge in [0.2, 0.25) is 11.0 Å². The van der Waals surface area contributed by atoms with Gasteiger partial charge in [-0.25, -0.2) is 9.97 Å². The predicted molar refractivity (Wildman–Crippen MR) is 84.1 cm³/mol. The summed E-state index contributed by atoms with van der Waals surface area (Å²) in [5.74, 6) is 0. The Morgan fingerprint density at radius 1 is 0.950 bits per heavy atom. The summed E-state index contributed by atoms with van der Waals surface area (Å²) in [4.78, 5) is 10.6. The molecular formula is C17H20N3+. The van der Waals surface area contributed by atoms with Crippen LogP contribution in [-0.4, -0.2) is 18.1 Å². The zero-order chi connectivity index (χ0) is 14.1. The lowest BCUT2D eigenvalue weighted by Crippen LogP contribution is -2.21. The Morgan fingerprint density at radius 3 is 2.30 bits per heavy atom. The Labute approximate surface area is 119 Å². The molecule has 3 rings (SSSR count). The van der Waals surface area contributed by atoms with Crippen LogP contribution >= 0.6 is 0 Å². The molecule has 1 N–H and O–H groups in total. The smallest absolute Gasteiger partial charge is 0.230 e. The van der Waals surface area contributed by atoms with Gasteiger partial charge in [-0.05, 0) is 44.5 Å². The molecule has 0 radical (unpaired) electrons. The van der Waals surface area contributed by atoms with Gasteiger partial charge in [0.25, 0.3) is 0 Å². The van der Waals surface area contributed by atoms with Crippen molar-refractivity contribution < 1.29 is 4.98 Å². The quantitative estimate of drug-likeness (QED) is 0.680. The average molecular weight is 266 g/mol. The number of fused-ring (bicyclic) bond motifs is 2. The number of H-pyrrole nitrogens is 1. The molecule has 1 heterocycles. The monoisotopic (exact) mass is 266 g/mol. The van der Waals surface area contributed by atoms with Crippen LogP contribution in [0.4, 0.5) is 5.69 Å². The number of benzene rings is 2. The summed E-state index contributed by atoms with van der Waals surface area (Å²) in [6, 6.07) is 12.8. The van der Waals surface area contributed by atoms with Crippen molar-refractivity contribution in [3.05, 3.63) is 42.0 Å². The number of aryl methyl sites for hydroxylation is 1. The van der Waals surface area contributed by atoms with E-state index in [4.69, 9.17) is 4.98 Å². The third-order valence-electron chi connectivity index (χ3n) is 3.77. The molecule has 3 aromatic rings. The Kier molecular flexibility index (Phi) is 3.26. The molecule has 1 aromatic heterocycles. The molecule has 0 saturated heterocycles. The van der Waals surface area contributed by atoms with Crippen LogP contribution in [0.5, 0.6) is 0 Å². The summed E-state index contributed by atoms with van der Waals surface area (Å²) in [7, 11) is 0. The van der Waals surface area contributed by atoms with Crippen molar-refractivity contribution in [3.63, 3.8) is 0 Å². The Hall–Kier alpha value is -2.16. The van der Waals surface area contributed by atoms with Crippen molar-refractivity contribution in [2.75, 3.05) is 18.0 Å². The highest BCUT2D eigenvalue weighted by Crippen LogP contribution is 2.20. The molecule has 0 aliphatic rings. The summed E-state index contributed by atoms with van der Waals surface area (Å²) in [6.07, 6.45) is 0. The van der Waals surface area contributed by atoms with Crippen LogP contribution in [0.25, 0.3) is 22.1 Å². The topological polar surface area (TPSA) is 30.3 Å². The third kappa shape index (κ3) is 2.20. The first kappa shape index (κ1) is 12.9. The van der Waals surface area contributed by atoms with Crippen LogP contribution in [0.1, 0.15) is 19.4 Å². The summed E-state index contributed by atoms with van der Waals surface area (Å²) in [6.45, 7) is 8.47. The molecule has 0 saturated carbocycles.